The van der Waals surface area contributed by atoms with Crippen LogP contribution in [0.2, 0.25) is 0 Å². The van der Waals surface area contributed by atoms with Gasteiger partial charge in [0, 0.05) is 6.04 Å². The maximum Gasteiger partial charge on any atom is 0.419 e. The second kappa shape index (κ2) is 4.59. The van der Waals surface area contributed by atoms with E-state index < -0.39 is 29.0 Å². The van der Waals surface area contributed by atoms with E-state index in [1.807, 2.05) is 0 Å². The summed E-state index contributed by atoms with van der Waals surface area (Å²) >= 11 is 0. The first-order valence-electron chi connectivity index (χ1n) is 5.56. The molecule has 1 aromatic carbocycles. The van der Waals surface area contributed by atoms with Crippen molar-refractivity contribution in [1.29, 1.82) is 0 Å². The first-order valence-corrected chi connectivity index (χ1v) is 5.56. The molecule has 1 aliphatic rings. The molecule has 0 atom stereocenters. The van der Waals surface area contributed by atoms with Crippen molar-refractivity contribution in [3.8, 4) is 0 Å². The van der Waals surface area contributed by atoms with Gasteiger partial charge in [0.2, 0.25) is 0 Å². The van der Waals surface area contributed by atoms with E-state index >= 15 is 0 Å². The quantitative estimate of drug-likeness (QED) is 0.814. The van der Waals surface area contributed by atoms with Crippen LogP contribution >= 0.6 is 0 Å². The van der Waals surface area contributed by atoms with Gasteiger partial charge in [0.15, 0.2) is 0 Å². The van der Waals surface area contributed by atoms with E-state index in [1.54, 1.807) is 0 Å². The molecule has 2 rings (SSSR count). The fraction of sp³-hybridized carbons (Fsp3) is 0.417. The molecule has 1 N–H and O–H groups in total. The molecule has 1 saturated carbocycles. The van der Waals surface area contributed by atoms with Crippen LogP contribution in [0.15, 0.2) is 18.2 Å². The number of amides is 1. The van der Waals surface area contributed by atoms with Crippen LogP contribution in [0.1, 0.15) is 35.2 Å². The molecule has 1 aliphatic carbocycles. The number of nitrogens with one attached hydrogen (secondary N) is 1. The zero-order valence-electron chi connectivity index (χ0n) is 9.35. The summed E-state index contributed by atoms with van der Waals surface area (Å²) in [5.74, 6) is -2.30. The van der Waals surface area contributed by atoms with E-state index in [1.165, 1.54) is 0 Å². The van der Waals surface area contributed by atoms with Gasteiger partial charge in [-0.05, 0) is 31.4 Å². The molecule has 6 heteroatoms. The number of halogens is 4. The lowest BCUT2D eigenvalue weighted by Gasteiger charge is -2.26. The zero-order chi connectivity index (χ0) is 13.3. The normalized spacial score (nSPS) is 16.2. The number of carbonyl (C=O) groups is 1. The molecule has 1 aromatic rings. The van der Waals surface area contributed by atoms with Gasteiger partial charge in [-0.3, -0.25) is 4.79 Å². The van der Waals surface area contributed by atoms with Gasteiger partial charge in [-0.2, -0.15) is 13.2 Å². The predicted octanol–water partition coefficient (Wildman–Crippen LogP) is 3.13. The van der Waals surface area contributed by atoms with Crippen molar-refractivity contribution in [3.63, 3.8) is 0 Å². The topological polar surface area (TPSA) is 29.1 Å². The largest absolute Gasteiger partial charge is 0.419 e. The molecule has 18 heavy (non-hydrogen) atoms. The van der Waals surface area contributed by atoms with Crippen molar-refractivity contribution in [2.45, 2.75) is 31.5 Å². The summed E-state index contributed by atoms with van der Waals surface area (Å²) in [5, 5.41) is 2.51. The van der Waals surface area contributed by atoms with E-state index in [0.717, 1.165) is 31.4 Å². The Morgan fingerprint density at radius 3 is 2.44 bits per heavy atom. The number of rotatable bonds is 2. The second-order valence-corrected chi connectivity index (χ2v) is 4.27. The first kappa shape index (κ1) is 12.9. The standard InChI is InChI=1S/C12H11F4NO/c13-10-8(11(18)17-7-3-1-4-7)5-2-6-9(10)12(14,15)16/h2,5-7H,1,3-4H2,(H,17,18). The number of hydrogen-bond donors (Lipinski definition) is 1. The van der Waals surface area contributed by atoms with E-state index in [0.29, 0.717) is 6.07 Å². The van der Waals surface area contributed by atoms with E-state index in [9.17, 15) is 22.4 Å². The minimum Gasteiger partial charge on any atom is -0.349 e. The summed E-state index contributed by atoms with van der Waals surface area (Å²) in [6, 6.07) is 2.65. The van der Waals surface area contributed by atoms with Crippen molar-refractivity contribution in [2.24, 2.45) is 0 Å². The minimum atomic E-state index is -4.79. The molecular formula is C12H11F4NO. The SMILES string of the molecule is O=C(NC1CCC1)c1cccc(C(F)(F)F)c1F. The molecular weight excluding hydrogens is 250 g/mol. The summed E-state index contributed by atoms with van der Waals surface area (Å²) < 4.78 is 51.0. The highest BCUT2D eigenvalue weighted by molar-refractivity contribution is 5.95. The van der Waals surface area contributed by atoms with Crippen LogP contribution in [-0.2, 0) is 6.18 Å². The number of hydrogen-bond acceptors (Lipinski definition) is 1. The average Bonchev–Trinajstić information content (AvgIpc) is 2.21. The van der Waals surface area contributed by atoms with Crippen LogP contribution in [0.3, 0.4) is 0 Å². The van der Waals surface area contributed by atoms with Crippen molar-refractivity contribution in [1.82, 2.24) is 5.32 Å². The fourth-order valence-electron chi connectivity index (χ4n) is 1.74. The van der Waals surface area contributed by atoms with E-state index in [2.05, 4.69) is 5.32 Å². The lowest BCUT2D eigenvalue weighted by molar-refractivity contribution is -0.140. The molecule has 0 aromatic heterocycles. The van der Waals surface area contributed by atoms with Gasteiger partial charge in [0.25, 0.3) is 5.91 Å². The fourth-order valence-corrected chi connectivity index (χ4v) is 1.74. The number of carbonyl (C=O) groups excluding carboxylic acids is 1. The first-order chi connectivity index (χ1) is 8.39. The average molecular weight is 261 g/mol. The summed E-state index contributed by atoms with van der Waals surface area (Å²) in [4.78, 5) is 11.6. The van der Waals surface area contributed by atoms with Gasteiger partial charge in [0.1, 0.15) is 5.82 Å². The Morgan fingerprint density at radius 1 is 1.28 bits per heavy atom. The van der Waals surface area contributed by atoms with Gasteiger partial charge in [-0.15, -0.1) is 0 Å². The molecule has 98 valence electrons. The maximum absolute atomic E-state index is 13.6. The van der Waals surface area contributed by atoms with Crippen LogP contribution in [0.4, 0.5) is 17.6 Å². The van der Waals surface area contributed by atoms with Gasteiger partial charge in [-0.25, -0.2) is 4.39 Å². The monoisotopic (exact) mass is 261 g/mol. The van der Waals surface area contributed by atoms with Crippen LogP contribution in [0.25, 0.3) is 0 Å². The highest BCUT2D eigenvalue weighted by Gasteiger charge is 2.36. The molecule has 0 radical (unpaired) electrons. The summed E-state index contributed by atoms with van der Waals surface area (Å²) in [5.41, 5.74) is -1.97. The molecule has 1 fully saturated rings. The third-order valence-corrected chi connectivity index (χ3v) is 2.99. The Kier molecular flexibility index (Phi) is 3.28. The molecule has 0 bridgehead atoms. The second-order valence-electron chi connectivity index (χ2n) is 4.27. The van der Waals surface area contributed by atoms with Crippen LogP contribution in [0.5, 0.6) is 0 Å². The molecule has 0 aliphatic heterocycles. The van der Waals surface area contributed by atoms with E-state index in [4.69, 9.17) is 0 Å². The molecule has 2 nitrogen and oxygen atoms in total. The lowest BCUT2D eigenvalue weighted by Crippen LogP contribution is -2.40. The van der Waals surface area contributed by atoms with Crippen molar-refractivity contribution in [3.05, 3.63) is 35.1 Å². The number of benzene rings is 1. The van der Waals surface area contributed by atoms with Crippen molar-refractivity contribution >= 4 is 5.91 Å². The van der Waals surface area contributed by atoms with Crippen LogP contribution < -0.4 is 5.32 Å². The Bertz CT molecular complexity index is 466. The molecule has 0 unspecified atom stereocenters. The van der Waals surface area contributed by atoms with Gasteiger partial charge in [-0.1, -0.05) is 6.07 Å². The summed E-state index contributed by atoms with van der Waals surface area (Å²) in [6.45, 7) is 0. The molecule has 0 saturated heterocycles. The lowest BCUT2D eigenvalue weighted by atomic mass is 9.93. The Balaban J connectivity index is 2.25. The van der Waals surface area contributed by atoms with E-state index in [-0.39, 0.29) is 6.04 Å². The van der Waals surface area contributed by atoms with Gasteiger partial charge >= 0.3 is 6.18 Å². The Morgan fingerprint density at radius 2 is 1.94 bits per heavy atom. The van der Waals surface area contributed by atoms with Gasteiger partial charge in [0.05, 0.1) is 11.1 Å². The van der Waals surface area contributed by atoms with Crippen molar-refractivity contribution < 1.29 is 22.4 Å². The Hall–Kier alpha value is -1.59. The number of alkyl halides is 3. The third kappa shape index (κ3) is 2.47. The zero-order valence-corrected chi connectivity index (χ0v) is 9.35. The summed E-state index contributed by atoms with van der Waals surface area (Å²) in [7, 11) is 0. The predicted molar refractivity (Wildman–Crippen MR) is 56.5 cm³/mol. The minimum absolute atomic E-state index is 0.0496. The molecule has 1 amide bonds. The summed E-state index contributed by atoms with van der Waals surface area (Å²) in [6.07, 6.45) is -2.26. The Labute approximate surface area is 101 Å². The maximum atomic E-state index is 13.6. The molecule has 0 spiro atoms. The van der Waals surface area contributed by atoms with Crippen LogP contribution in [-0.4, -0.2) is 11.9 Å². The van der Waals surface area contributed by atoms with Crippen LogP contribution in [0, 0.1) is 5.82 Å². The highest BCUT2D eigenvalue weighted by Crippen LogP contribution is 2.32. The smallest absolute Gasteiger partial charge is 0.349 e. The molecule has 0 heterocycles. The third-order valence-electron chi connectivity index (χ3n) is 2.99. The van der Waals surface area contributed by atoms with Gasteiger partial charge < -0.3 is 5.32 Å². The highest BCUT2D eigenvalue weighted by atomic mass is 19.4. The van der Waals surface area contributed by atoms with Crippen molar-refractivity contribution in [2.75, 3.05) is 0 Å².